The van der Waals surface area contributed by atoms with E-state index in [1.807, 2.05) is 11.8 Å². The van der Waals surface area contributed by atoms with Crippen LogP contribution in [0.1, 0.15) is 13.3 Å². The van der Waals surface area contributed by atoms with Crippen LogP contribution in [0.3, 0.4) is 0 Å². The van der Waals surface area contributed by atoms with Crippen molar-refractivity contribution in [1.29, 1.82) is 5.26 Å². The first-order valence-corrected chi connectivity index (χ1v) is 8.29. The van der Waals surface area contributed by atoms with Crippen LogP contribution in [0.15, 0.2) is 4.99 Å². The van der Waals surface area contributed by atoms with Gasteiger partial charge in [-0.3, -0.25) is 4.79 Å². The van der Waals surface area contributed by atoms with E-state index in [2.05, 4.69) is 4.99 Å². The SMILES string of the molecule is CCN1C(=NC(=O)CC#N)S[C@H]2CS(=O)(=O)C[C@@H]21. The van der Waals surface area contributed by atoms with Crippen molar-refractivity contribution in [2.75, 3.05) is 18.1 Å². The molecule has 98 valence electrons. The lowest BCUT2D eigenvalue weighted by atomic mass is 10.2. The summed E-state index contributed by atoms with van der Waals surface area (Å²) in [5, 5.41) is 8.94. The molecule has 2 aliphatic rings. The quantitative estimate of drug-likeness (QED) is 0.711. The van der Waals surface area contributed by atoms with Crippen LogP contribution in [-0.2, 0) is 14.6 Å². The molecule has 0 aromatic rings. The first kappa shape index (κ1) is 13.4. The molecule has 0 radical (unpaired) electrons. The third-order valence-electron chi connectivity index (χ3n) is 2.97. The van der Waals surface area contributed by atoms with Crippen molar-refractivity contribution in [2.45, 2.75) is 24.6 Å². The van der Waals surface area contributed by atoms with Crippen molar-refractivity contribution in [1.82, 2.24) is 4.90 Å². The van der Waals surface area contributed by atoms with Crippen LogP contribution >= 0.6 is 11.8 Å². The summed E-state index contributed by atoms with van der Waals surface area (Å²) in [5.41, 5.74) is 0. The summed E-state index contributed by atoms with van der Waals surface area (Å²) < 4.78 is 23.1. The molecule has 2 saturated heterocycles. The minimum absolute atomic E-state index is 0.0383. The normalized spacial score (nSPS) is 31.3. The lowest BCUT2D eigenvalue weighted by Gasteiger charge is -2.21. The van der Waals surface area contributed by atoms with Gasteiger partial charge < -0.3 is 4.90 Å². The van der Waals surface area contributed by atoms with Crippen LogP contribution < -0.4 is 0 Å². The molecule has 6 nitrogen and oxygen atoms in total. The maximum absolute atomic E-state index is 11.5. The van der Waals surface area contributed by atoms with Crippen LogP contribution in [0, 0.1) is 11.3 Å². The molecule has 0 aromatic heterocycles. The molecule has 0 spiro atoms. The van der Waals surface area contributed by atoms with E-state index in [1.54, 1.807) is 6.07 Å². The minimum atomic E-state index is -2.97. The Bertz CT molecular complexity index is 535. The van der Waals surface area contributed by atoms with Gasteiger partial charge in [0.05, 0.1) is 23.6 Å². The number of sulfone groups is 1. The molecular weight excluding hydrogens is 274 g/mol. The number of fused-ring (bicyclic) bond motifs is 1. The molecule has 0 unspecified atom stereocenters. The highest BCUT2D eigenvalue weighted by Gasteiger charge is 2.48. The first-order valence-electron chi connectivity index (χ1n) is 5.59. The lowest BCUT2D eigenvalue weighted by Crippen LogP contribution is -2.37. The Morgan fingerprint density at radius 2 is 2.33 bits per heavy atom. The number of hydrogen-bond acceptors (Lipinski definition) is 5. The fraction of sp³-hybridized carbons (Fsp3) is 0.700. The molecule has 2 rings (SSSR count). The molecule has 0 N–H and O–H groups in total. The molecule has 0 aliphatic carbocycles. The van der Waals surface area contributed by atoms with Gasteiger partial charge in [0.25, 0.3) is 5.91 Å². The zero-order valence-electron chi connectivity index (χ0n) is 9.87. The Labute approximate surface area is 110 Å². The highest BCUT2D eigenvalue weighted by Crippen LogP contribution is 2.37. The maximum Gasteiger partial charge on any atom is 0.262 e. The third kappa shape index (κ3) is 2.52. The number of carbonyl (C=O) groups excluding carboxylic acids is 1. The molecule has 0 bridgehead atoms. The number of carbonyl (C=O) groups is 1. The van der Waals surface area contributed by atoms with Crippen LogP contribution in [0.5, 0.6) is 0 Å². The van der Waals surface area contributed by atoms with E-state index in [0.717, 1.165) is 0 Å². The largest absolute Gasteiger partial charge is 0.346 e. The van der Waals surface area contributed by atoms with Gasteiger partial charge in [0.15, 0.2) is 15.0 Å². The van der Waals surface area contributed by atoms with Crippen molar-refractivity contribution in [3.8, 4) is 6.07 Å². The third-order valence-corrected chi connectivity index (χ3v) is 6.21. The summed E-state index contributed by atoms with van der Waals surface area (Å²) in [6.45, 7) is 2.51. The second kappa shape index (κ2) is 4.90. The number of nitrogens with zero attached hydrogens (tertiary/aromatic N) is 3. The highest BCUT2D eigenvalue weighted by molar-refractivity contribution is 8.15. The molecule has 2 fully saturated rings. The van der Waals surface area contributed by atoms with Crippen molar-refractivity contribution in [3.63, 3.8) is 0 Å². The summed E-state index contributed by atoms with van der Waals surface area (Å²) in [4.78, 5) is 17.1. The summed E-state index contributed by atoms with van der Waals surface area (Å²) in [6.07, 6.45) is -0.241. The zero-order valence-corrected chi connectivity index (χ0v) is 11.5. The molecule has 2 heterocycles. The molecule has 1 amide bonds. The van der Waals surface area contributed by atoms with Crippen molar-refractivity contribution in [2.24, 2.45) is 4.99 Å². The van der Waals surface area contributed by atoms with Crippen LogP contribution in [0.4, 0.5) is 0 Å². The van der Waals surface area contributed by atoms with E-state index in [1.165, 1.54) is 11.8 Å². The molecule has 2 aliphatic heterocycles. The first-order chi connectivity index (χ1) is 8.46. The molecule has 8 heteroatoms. The van der Waals surface area contributed by atoms with E-state index in [9.17, 15) is 13.2 Å². The Balaban J connectivity index is 2.19. The Hall–Kier alpha value is -1.07. The number of hydrogen-bond donors (Lipinski definition) is 0. The van der Waals surface area contributed by atoms with E-state index >= 15 is 0 Å². The van der Waals surface area contributed by atoms with Gasteiger partial charge in [-0.05, 0) is 6.92 Å². The van der Waals surface area contributed by atoms with Crippen LogP contribution in [0.2, 0.25) is 0 Å². The zero-order chi connectivity index (χ0) is 13.3. The van der Waals surface area contributed by atoms with Gasteiger partial charge in [0.1, 0.15) is 6.42 Å². The van der Waals surface area contributed by atoms with Gasteiger partial charge >= 0.3 is 0 Å². The smallest absolute Gasteiger partial charge is 0.262 e. The van der Waals surface area contributed by atoms with Gasteiger partial charge in [-0.25, -0.2) is 8.42 Å². The second-order valence-corrected chi connectivity index (χ2v) is 7.57. The van der Waals surface area contributed by atoms with Gasteiger partial charge in [-0.15, -0.1) is 0 Å². The predicted molar refractivity (Wildman–Crippen MR) is 68.9 cm³/mol. The van der Waals surface area contributed by atoms with Crippen LogP contribution in [-0.4, -0.2) is 53.7 Å². The Morgan fingerprint density at radius 1 is 1.61 bits per heavy atom. The number of aliphatic imine (C=N–C) groups is 1. The molecule has 18 heavy (non-hydrogen) atoms. The number of nitriles is 1. The van der Waals surface area contributed by atoms with Gasteiger partial charge in [-0.2, -0.15) is 10.3 Å². The molecule has 0 saturated carbocycles. The molecule has 0 aromatic carbocycles. The number of amides is 1. The van der Waals surface area contributed by atoms with Gasteiger partial charge in [0.2, 0.25) is 0 Å². The Kier molecular flexibility index (Phi) is 3.64. The highest BCUT2D eigenvalue weighted by atomic mass is 32.2. The number of amidine groups is 1. The lowest BCUT2D eigenvalue weighted by molar-refractivity contribution is -0.116. The van der Waals surface area contributed by atoms with E-state index in [4.69, 9.17) is 5.26 Å². The predicted octanol–water partition coefficient (Wildman–Crippen LogP) is 0.0170. The monoisotopic (exact) mass is 287 g/mol. The summed E-state index contributed by atoms with van der Waals surface area (Å²) in [7, 11) is -2.97. The van der Waals surface area contributed by atoms with Gasteiger partial charge in [-0.1, -0.05) is 11.8 Å². The average Bonchev–Trinajstić information content (AvgIpc) is 2.69. The van der Waals surface area contributed by atoms with Crippen molar-refractivity contribution < 1.29 is 13.2 Å². The van der Waals surface area contributed by atoms with Gasteiger partial charge in [0, 0.05) is 11.8 Å². The van der Waals surface area contributed by atoms with Crippen molar-refractivity contribution in [3.05, 3.63) is 0 Å². The van der Waals surface area contributed by atoms with Crippen molar-refractivity contribution >= 4 is 32.7 Å². The van der Waals surface area contributed by atoms with Crippen LogP contribution in [0.25, 0.3) is 0 Å². The fourth-order valence-electron chi connectivity index (χ4n) is 2.22. The minimum Gasteiger partial charge on any atom is -0.346 e. The number of rotatable bonds is 2. The topological polar surface area (TPSA) is 90.6 Å². The summed E-state index contributed by atoms with van der Waals surface area (Å²) in [5.74, 6) is -0.199. The summed E-state index contributed by atoms with van der Waals surface area (Å²) in [6, 6.07) is 1.67. The van der Waals surface area contributed by atoms with E-state index in [0.29, 0.717) is 11.7 Å². The second-order valence-electron chi connectivity index (χ2n) is 4.21. The fourth-order valence-corrected chi connectivity index (χ4v) is 6.25. The molecular formula is C10H13N3O3S2. The van der Waals surface area contributed by atoms with E-state index in [-0.39, 0.29) is 29.2 Å². The molecule has 2 atom stereocenters. The van der Waals surface area contributed by atoms with E-state index < -0.39 is 15.7 Å². The maximum atomic E-state index is 11.5. The summed E-state index contributed by atoms with van der Waals surface area (Å²) >= 11 is 1.34. The standard InChI is InChI=1S/C10H13N3O3S2/c1-2-13-7-5-18(15,16)6-8(7)17-10(13)12-9(14)3-4-11/h7-8H,2-3,5-6H2,1H3/t7-,8-/m0/s1. The number of thioether (sulfide) groups is 1. The Morgan fingerprint density at radius 3 is 2.94 bits per heavy atom. The average molecular weight is 287 g/mol.